The molecule has 1 aromatic carbocycles. The molecule has 1 aromatic heterocycles. The fraction of sp³-hybridized carbons (Fsp3) is 0.286. The molecule has 6 nitrogen and oxygen atoms in total. The van der Waals surface area contributed by atoms with Crippen molar-refractivity contribution in [2.45, 2.75) is 26.0 Å². The predicted octanol–water partition coefficient (Wildman–Crippen LogP) is 2.35. The molecule has 2 rings (SSSR count). The van der Waals surface area contributed by atoms with E-state index in [4.69, 9.17) is 0 Å². The third-order valence-electron chi connectivity index (χ3n) is 3.02. The van der Waals surface area contributed by atoms with Crippen LogP contribution in [0.4, 0.5) is 10.5 Å². The number of aromatic amines is 1. The second-order valence-corrected chi connectivity index (χ2v) is 4.65. The van der Waals surface area contributed by atoms with Gasteiger partial charge in [-0.15, -0.1) is 0 Å². The number of hydrogen-bond donors (Lipinski definition) is 4. The summed E-state index contributed by atoms with van der Waals surface area (Å²) in [6.45, 7) is 3.57. The fourth-order valence-electron chi connectivity index (χ4n) is 1.79. The van der Waals surface area contributed by atoms with E-state index in [1.54, 1.807) is 43.6 Å². The Morgan fingerprint density at radius 3 is 2.50 bits per heavy atom. The number of anilines is 1. The topological polar surface area (TPSA) is 90.0 Å². The largest absolute Gasteiger partial charge is 0.389 e. The quantitative estimate of drug-likeness (QED) is 0.690. The Kier molecular flexibility index (Phi) is 4.37. The van der Waals surface area contributed by atoms with Crippen molar-refractivity contribution >= 4 is 11.7 Å². The number of carbonyl (C=O) groups is 1. The lowest BCUT2D eigenvalue weighted by Crippen LogP contribution is -2.30. The van der Waals surface area contributed by atoms with Gasteiger partial charge in [0.1, 0.15) is 0 Å². The van der Waals surface area contributed by atoms with Crippen LogP contribution in [0.25, 0.3) is 0 Å². The number of aromatic nitrogens is 2. The van der Waals surface area contributed by atoms with E-state index in [2.05, 4.69) is 20.8 Å². The lowest BCUT2D eigenvalue weighted by atomic mass is 10.1. The number of nitrogens with zero attached hydrogens (tertiary/aromatic N) is 1. The second-order valence-electron chi connectivity index (χ2n) is 4.65. The molecule has 0 bridgehead atoms. The lowest BCUT2D eigenvalue weighted by molar-refractivity contribution is 0.199. The normalized spacial score (nSPS) is 13.6. The zero-order valence-electron chi connectivity index (χ0n) is 11.4. The van der Waals surface area contributed by atoms with Crippen molar-refractivity contribution in [2.75, 3.05) is 5.32 Å². The molecule has 4 N–H and O–H groups in total. The van der Waals surface area contributed by atoms with Crippen molar-refractivity contribution in [2.24, 2.45) is 0 Å². The molecule has 0 saturated heterocycles. The molecule has 0 radical (unpaired) electrons. The summed E-state index contributed by atoms with van der Waals surface area (Å²) in [6, 6.07) is 6.64. The van der Waals surface area contributed by atoms with Gasteiger partial charge in [0.15, 0.2) is 0 Å². The molecule has 0 aliphatic carbocycles. The smallest absolute Gasteiger partial charge is 0.319 e. The highest BCUT2D eigenvalue weighted by Gasteiger charge is 2.10. The number of aliphatic hydroxyl groups is 1. The molecule has 2 aromatic rings. The molecule has 0 aliphatic rings. The van der Waals surface area contributed by atoms with Crippen molar-refractivity contribution in [1.29, 1.82) is 0 Å². The number of H-pyrrole nitrogens is 1. The number of carbonyl (C=O) groups excluding carboxylic acids is 1. The van der Waals surface area contributed by atoms with E-state index in [1.165, 1.54) is 0 Å². The third kappa shape index (κ3) is 3.58. The number of rotatable bonds is 4. The molecule has 0 spiro atoms. The summed E-state index contributed by atoms with van der Waals surface area (Å²) in [5.41, 5.74) is 2.39. The maximum Gasteiger partial charge on any atom is 0.319 e. The molecule has 2 amide bonds. The zero-order valence-corrected chi connectivity index (χ0v) is 11.4. The molecule has 6 heteroatoms. The van der Waals surface area contributed by atoms with Crippen LogP contribution in [-0.2, 0) is 0 Å². The molecule has 106 valence electrons. The summed E-state index contributed by atoms with van der Waals surface area (Å²) in [5.74, 6) is 0. The minimum Gasteiger partial charge on any atom is -0.389 e. The molecule has 2 atom stereocenters. The third-order valence-corrected chi connectivity index (χ3v) is 3.02. The minimum atomic E-state index is -0.515. The zero-order chi connectivity index (χ0) is 14.5. The average Bonchev–Trinajstić information content (AvgIpc) is 2.93. The van der Waals surface area contributed by atoms with Gasteiger partial charge >= 0.3 is 6.03 Å². The number of aliphatic hydroxyl groups excluding tert-OH is 1. The predicted molar refractivity (Wildman–Crippen MR) is 76.2 cm³/mol. The van der Waals surface area contributed by atoms with Gasteiger partial charge in [0.25, 0.3) is 0 Å². The molecule has 0 fully saturated rings. The number of amides is 2. The monoisotopic (exact) mass is 274 g/mol. The Morgan fingerprint density at radius 1 is 1.25 bits per heavy atom. The molecular weight excluding hydrogens is 256 g/mol. The van der Waals surface area contributed by atoms with Crippen LogP contribution in [-0.4, -0.2) is 21.3 Å². The van der Waals surface area contributed by atoms with Crippen LogP contribution >= 0.6 is 0 Å². The maximum atomic E-state index is 11.8. The number of benzene rings is 1. The SMILES string of the molecule is CC(O)c1ccc(NC(=O)NC(C)c2cn[nH]c2)cc1. The van der Waals surface area contributed by atoms with E-state index in [9.17, 15) is 9.90 Å². The van der Waals surface area contributed by atoms with Gasteiger partial charge in [-0.05, 0) is 31.5 Å². The van der Waals surface area contributed by atoms with Crippen LogP contribution < -0.4 is 10.6 Å². The Hall–Kier alpha value is -2.34. The minimum absolute atomic E-state index is 0.134. The van der Waals surface area contributed by atoms with Gasteiger partial charge in [0, 0.05) is 17.4 Å². The van der Waals surface area contributed by atoms with Crippen LogP contribution in [0.1, 0.15) is 37.1 Å². The van der Waals surface area contributed by atoms with Crippen molar-refractivity contribution in [1.82, 2.24) is 15.5 Å². The fourth-order valence-corrected chi connectivity index (χ4v) is 1.79. The van der Waals surface area contributed by atoms with Gasteiger partial charge in [0.2, 0.25) is 0 Å². The molecule has 2 unspecified atom stereocenters. The highest BCUT2D eigenvalue weighted by Crippen LogP contribution is 2.16. The van der Waals surface area contributed by atoms with Crippen molar-refractivity contribution in [3.63, 3.8) is 0 Å². The van der Waals surface area contributed by atoms with Gasteiger partial charge < -0.3 is 15.7 Å². The molecule has 0 saturated carbocycles. The second kappa shape index (κ2) is 6.21. The first-order valence-corrected chi connectivity index (χ1v) is 6.40. The first kappa shape index (κ1) is 14.1. The van der Waals surface area contributed by atoms with E-state index in [1.807, 2.05) is 6.92 Å². The molecule has 20 heavy (non-hydrogen) atoms. The van der Waals surface area contributed by atoms with Crippen LogP contribution in [0.3, 0.4) is 0 Å². The first-order valence-electron chi connectivity index (χ1n) is 6.40. The van der Waals surface area contributed by atoms with Gasteiger partial charge in [-0.25, -0.2) is 4.79 Å². The first-order chi connectivity index (χ1) is 9.56. The summed E-state index contributed by atoms with van der Waals surface area (Å²) >= 11 is 0. The highest BCUT2D eigenvalue weighted by molar-refractivity contribution is 5.89. The number of nitrogens with one attached hydrogen (secondary N) is 3. The number of urea groups is 1. The summed E-state index contributed by atoms with van der Waals surface area (Å²) in [7, 11) is 0. The summed E-state index contributed by atoms with van der Waals surface area (Å²) < 4.78 is 0. The van der Waals surface area contributed by atoms with Crippen LogP contribution in [0, 0.1) is 0 Å². The van der Waals surface area contributed by atoms with Crippen molar-refractivity contribution < 1.29 is 9.90 Å². The van der Waals surface area contributed by atoms with Gasteiger partial charge in [0.05, 0.1) is 18.3 Å². The Labute approximate surface area is 117 Å². The van der Waals surface area contributed by atoms with Crippen molar-refractivity contribution in [3.8, 4) is 0 Å². The van der Waals surface area contributed by atoms with E-state index in [-0.39, 0.29) is 12.1 Å². The average molecular weight is 274 g/mol. The Balaban J connectivity index is 1.91. The van der Waals surface area contributed by atoms with Gasteiger partial charge in [-0.1, -0.05) is 12.1 Å². The van der Waals surface area contributed by atoms with E-state index in [0.29, 0.717) is 5.69 Å². The maximum absolute atomic E-state index is 11.8. The van der Waals surface area contributed by atoms with E-state index < -0.39 is 6.10 Å². The summed E-state index contributed by atoms with van der Waals surface area (Å²) in [4.78, 5) is 11.8. The highest BCUT2D eigenvalue weighted by atomic mass is 16.3. The van der Waals surface area contributed by atoms with Crippen LogP contribution in [0.15, 0.2) is 36.7 Å². The van der Waals surface area contributed by atoms with Crippen molar-refractivity contribution in [3.05, 3.63) is 47.8 Å². The van der Waals surface area contributed by atoms with Gasteiger partial charge in [-0.3, -0.25) is 5.10 Å². The number of hydrogen-bond acceptors (Lipinski definition) is 3. The summed E-state index contributed by atoms with van der Waals surface area (Å²) in [5, 5.41) is 21.5. The molecule has 0 aliphatic heterocycles. The van der Waals surface area contributed by atoms with Gasteiger partial charge in [-0.2, -0.15) is 5.10 Å². The van der Waals surface area contributed by atoms with Crippen LogP contribution in [0.2, 0.25) is 0 Å². The Morgan fingerprint density at radius 2 is 1.95 bits per heavy atom. The van der Waals surface area contributed by atoms with E-state index >= 15 is 0 Å². The molecule has 1 heterocycles. The lowest BCUT2D eigenvalue weighted by Gasteiger charge is -2.13. The Bertz CT molecular complexity index is 549. The summed E-state index contributed by atoms with van der Waals surface area (Å²) in [6.07, 6.45) is 2.89. The molecular formula is C14H18N4O2. The van der Waals surface area contributed by atoms with E-state index in [0.717, 1.165) is 11.1 Å². The standard InChI is InChI=1S/C14H18N4O2/c1-9(12-7-15-16-8-12)17-14(20)18-13-5-3-11(4-6-13)10(2)19/h3-10,19H,1-2H3,(H,15,16)(H2,17,18,20). The van der Waals surface area contributed by atoms with Crippen LogP contribution in [0.5, 0.6) is 0 Å².